The van der Waals surface area contributed by atoms with Crippen LogP contribution in [0.15, 0.2) is 48.7 Å². The van der Waals surface area contributed by atoms with Crippen LogP contribution in [0.5, 0.6) is 5.75 Å². The number of carbonyl (C=O) groups excluding carboxylic acids is 1. The molecule has 0 spiro atoms. The minimum Gasteiger partial charge on any atom is -0.494 e. The highest BCUT2D eigenvalue weighted by molar-refractivity contribution is 6.10. The molecule has 0 radical (unpaired) electrons. The van der Waals surface area contributed by atoms with Crippen LogP contribution in [-0.4, -0.2) is 17.1 Å². The first-order valence-corrected chi connectivity index (χ1v) is 8.80. The van der Waals surface area contributed by atoms with E-state index in [1.54, 1.807) is 0 Å². The minimum atomic E-state index is 0.0474. The standard InChI is InChI=1S/C21H22N2O2/c1-3-4-11-25-18-7-5-16-14-23(21(24)19(16)13-18)17-6-8-20-15(12-17)9-10-22(20)2/h5-10,12-13H,3-4,11,14H2,1-2H3. The zero-order valence-corrected chi connectivity index (χ0v) is 14.7. The maximum atomic E-state index is 12.9. The number of rotatable bonds is 5. The van der Waals surface area contributed by atoms with E-state index >= 15 is 0 Å². The van der Waals surface area contributed by atoms with Crippen LogP contribution in [0, 0.1) is 0 Å². The first-order chi connectivity index (χ1) is 12.2. The van der Waals surface area contributed by atoms with Gasteiger partial charge in [-0.1, -0.05) is 19.4 Å². The number of anilines is 1. The molecule has 1 amide bonds. The third kappa shape index (κ3) is 2.78. The fraction of sp³-hybridized carbons (Fsp3) is 0.286. The second-order valence-electron chi connectivity index (χ2n) is 6.58. The number of carbonyl (C=O) groups is 1. The molecular formula is C21H22N2O2. The summed E-state index contributed by atoms with van der Waals surface area (Å²) in [5, 5.41) is 1.15. The molecule has 4 rings (SSSR count). The van der Waals surface area contributed by atoms with E-state index in [9.17, 15) is 4.79 Å². The summed E-state index contributed by atoms with van der Waals surface area (Å²) in [6.45, 7) is 3.44. The van der Waals surface area contributed by atoms with Crippen molar-refractivity contribution in [3.05, 3.63) is 59.8 Å². The molecule has 4 heteroatoms. The maximum absolute atomic E-state index is 12.9. The number of fused-ring (bicyclic) bond motifs is 2. The van der Waals surface area contributed by atoms with Gasteiger partial charge in [-0.2, -0.15) is 0 Å². The average molecular weight is 334 g/mol. The van der Waals surface area contributed by atoms with Crippen molar-refractivity contribution in [2.24, 2.45) is 7.05 Å². The quantitative estimate of drug-likeness (QED) is 0.643. The summed E-state index contributed by atoms with van der Waals surface area (Å²) in [7, 11) is 2.03. The summed E-state index contributed by atoms with van der Waals surface area (Å²) in [5.41, 5.74) is 3.91. The van der Waals surface area contributed by atoms with Crippen molar-refractivity contribution in [3.63, 3.8) is 0 Å². The first-order valence-electron chi connectivity index (χ1n) is 8.80. The van der Waals surface area contributed by atoms with Crippen LogP contribution in [0.2, 0.25) is 0 Å². The molecule has 1 aromatic heterocycles. The molecule has 0 bridgehead atoms. The second-order valence-corrected chi connectivity index (χ2v) is 6.58. The smallest absolute Gasteiger partial charge is 0.259 e. The number of aromatic nitrogens is 1. The summed E-state index contributed by atoms with van der Waals surface area (Å²) >= 11 is 0. The summed E-state index contributed by atoms with van der Waals surface area (Å²) in [6, 6.07) is 14.1. The first kappa shape index (κ1) is 15.8. The minimum absolute atomic E-state index is 0.0474. The molecule has 3 aromatic rings. The van der Waals surface area contributed by atoms with Crippen molar-refractivity contribution in [2.75, 3.05) is 11.5 Å². The van der Waals surface area contributed by atoms with E-state index in [0.29, 0.717) is 13.2 Å². The van der Waals surface area contributed by atoms with Crippen molar-refractivity contribution in [3.8, 4) is 5.75 Å². The van der Waals surface area contributed by atoms with Gasteiger partial charge in [0.15, 0.2) is 0 Å². The maximum Gasteiger partial charge on any atom is 0.259 e. The van der Waals surface area contributed by atoms with Crippen LogP contribution in [0.25, 0.3) is 10.9 Å². The lowest BCUT2D eigenvalue weighted by molar-refractivity contribution is 0.0996. The normalized spacial score (nSPS) is 13.5. The molecule has 0 aliphatic carbocycles. The highest BCUT2D eigenvalue weighted by Crippen LogP contribution is 2.32. The number of benzene rings is 2. The van der Waals surface area contributed by atoms with Gasteiger partial charge < -0.3 is 14.2 Å². The number of unbranched alkanes of at least 4 members (excludes halogenated alkanes) is 1. The van der Waals surface area contributed by atoms with E-state index in [1.807, 2.05) is 42.4 Å². The zero-order valence-electron chi connectivity index (χ0n) is 14.7. The third-order valence-corrected chi connectivity index (χ3v) is 4.83. The van der Waals surface area contributed by atoms with Crippen LogP contribution in [0.4, 0.5) is 5.69 Å². The molecule has 0 saturated carbocycles. The van der Waals surface area contributed by atoms with E-state index in [1.165, 1.54) is 5.52 Å². The van der Waals surface area contributed by atoms with Crippen molar-refractivity contribution in [2.45, 2.75) is 26.3 Å². The number of hydrogen-bond acceptors (Lipinski definition) is 2. The molecule has 1 aliphatic heterocycles. The van der Waals surface area contributed by atoms with Crippen LogP contribution >= 0.6 is 0 Å². The third-order valence-electron chi connectivity index (χ3n) is 4.83. The van der Waals surface area contributed by atoms with E-state index in [2.05, 4.69) is 29.7 Å². The highest BCUT2D eigenvalue weighted by atomic mass is 16.5. The Morgan fingerprint density at radius 2 is 2.00 bits per heavy atom. The summed E-state index contributed by atoms with van der Waals surface area (Å²) in [6.07, 6.45) is 4.16. The van der Waals surface area contributed by atoms with Gasteiger partial charge in [-0.15, -0.1) is 0 Å². The van der Waals surface area contributed by atoms with Gasteiger partial charge in [0.25, 0.3) is 5.91 Å². The van der Waals surface area contributed by atoms with Crippen molar-refractivity contribution in [1.82, 2.24) is 4.57 Å². The Hall–Kier alpha value is -2.75. The molecule has 0 atom stereocenters. The lowest BCUT2D eigenvalue weighted by atomic mass is 10.1. The van der Waals surface area contributed by atoms with Gasteiger partial charge in [0, 0.05) is 35.4 Å². The van der Waals surface area contributed by atoms with E-state index in [4.69, 9.17) is 4.74 Å². The van der Waals surface area contributed by atoms with Gasteiger partial charge in [0.2, 0.25) is 0 Å². The molecule has 4 nitrogen and oxygen atoms in total. The van der Waals surface area contributed by atoms with Crippen LogP contribution in [0.1, 0.15) is 35.7 Å². The molecule has 1 aliphatic rings. The number of ether oxygens (including phenoxy) is 1. The molecule has 128 valence electrons. The zero-order chi connectivity index (χ0) is 17.4. The predicted octanol–water partition coefficient (Wildman–Crippen LogP) is 4.52. The lowest BCUT2D eigenvalue weighted by Gasteiger charge is -2.16. The topological polar surface area (TPSA) is 34.5 Å². The van der Waals surface area contributed by atoms with Gasteiger partial charge in [-0.05, 0) is 48.4 Å². The second kappa shape index (κ2) is 6.28. The van der Waals surface area contributed by atoms with E-state index < -0.39 is 0 Å². The number of hydrogen-bond donors (Lipinski definition) is 0. The van der Waals surface area contributed by atoms with Crippen LogP contribution < -0.4 is 9.64 Å². The molecule has 0 N–H and O–H groups in total. The predicted molar refractivity (Wildman–Crippen MR) is 100 cm³/mol. The Balaban J connectivity index is 1.60. The fourth-order valence-electron chi connectivity index (χ4n) is 3.35. The Labute approximate surface area is 147 Å². The Bertz CT molecular complexity index is 942. The van der Waals surface area contributed by atoms with Crippen molar-refractivity contribution < 1.29 is 9.53 Å². The molecule has 0 unspecified atom stereocenters. The fourth-order valence-corrected chi connectivity index (χ4v) is 3.35. The summed E-state index contributed by atoms with van der Waals surface area (Å²) in [5.74, 6) is 0.826. The SMILES string of the molecule is CCCCOc1ccc2c(c1)C(=O)N(c1ccc3c(ccn3C)c1)C2. The lowest BCUT2D eigenvalue weighted by Crippen LogP contribution is -2.22. The molecule has 2 heterocycles. The van der Waals surface area contributed by atoms with Crippen LogP contribution in [0.3, 0.4) is 0 Å². The Morgan fingerprint density at radius 3 is 2.84 bits per heavy atom. The van der Waals surface area contributed by atoms with Gasteiger partial charge in [0.05, 0.1) is 13.2 Å². The molecule has 25 heavy (non-hydrogen) atoms. The summed E-state index contributed by atoms with van der Waals surface area (Å²) in [4.78, 5) is 14.7. The van der Waals surface area contributed by atoms with Gasteiger partial charge >= 0.3 is 0 Å². The molecular weight excluding hydrogens is 312 g/mol. The highest BCUT2D eigenvalue weighted by Gasteiger charge is 2.29. The van der Waals surface area contributed by atoms with Gasteiger partial charge in [0.1, 0.15) is 5.75 Å². The summed E-state index contributed by atoms with van der Waals surface area (Å²) < 4.78 is 7.83. The van der Waals surface area contributed by atoms with E-state index in [-0.39, 0.29) is 5.91 Å². The number of amides is 1. The van der Waals surface area contributed by atoms with E-state index in [0.717, 1.165) is 40.8 Å². The molecule has 2 aromatic carbocycles. The van der Waals surface area contributed by atoms with Crippen LogP contribution in [-0.2, 0) is 13.6 Å². The van der Waals surface area contributed by atoms with Crippen molar-refractivity contribution >= 4 is 22.5 Å². The Morgan fingerprint density at radius 1 is 1.12 bits per heavy atom. The number of aryl methyl sites for hydroxylation is 1. The van der Waals surface area contributed by atoms with Gasteiger partial charge in [-0.25, -0.2) is 0 Å². The monoisotopic (exact) mass is 334 g/mol. The van der Waals surface area contributed by atoms with Gasteiger partial charge in [-0.3, -0.25) is 4.79 Å². The van der Waals surface area contributed by atoms with Crippen molar-refractivity contribution in [1.29, 1.82) is 0 Å². The molecule has 0 fully saturated rings. The number of nitrogens with zero attached hydrogens (tertiary/aromatic N) is 2. The Kier molecular flexibility index (Phi) is 3.96. The molecule has 0 saturated heterocycles. The largest absolute Gasteiger partial charge is 0.494 e. The average Bonchev–Trinajstić information content (AvgIpc) is 3.16.